The van der Waals surface area contributed by atoms with Gasteiger partial charge in [0.05, 0.1) is 0 Å². The molecule has 0 N–H and O–H groups in total. The molecule has 1 heteroatoms. The first-order valence-electron chi connectivity index (χ1n) is 5.61. The van der Waals surface area contributed by atoms with Crippen LogP contribution in [0.25, 0.3) is 0 Å². The Morgan fingerprint density at radius 3 is 2.29 bits per heavy atom. The third kappa shape index (κ3) is 2.33. The fourth-order valence-electron chi connectivity index (χ4n) is 2.37. The predicted molar refractivity (Wildman–Crippen MR) is 64.7 cm³/mol. The average molecular weight is 206 g/mol. The van der Waals surface area contributed by atoms with Crippen LogP contribution in [0.2, 0.25) is 0 Å². The summed E-state index contributed by atoms with van der Waals surface area (Å²) in [6.07, 6.45) is 6.95. The standard InChI is InChI=1S/C13H18S/c14-13(11-7-3-1-4-8-11)12-9-5-2-6-10-12/h1,3-4,7-8,12-14H,2,5-6,9-10H2. The van der Waals surface area contributed by atoms with Crippen molar-refractivity contribution in [3.63, 3.8) is 0 Å². The zero-order valence-electron chi connectivity index (χ0n) is 8.52. The van der Waals surface area contributed by atoms with E-state index in [0.717, 1.165) is 5.92 Å². The summed E-state index contributed by atoms with van der Waals surface area (Å²) in [5.41, 5.74) is 1.39. The van der Waals surface area contributed by atoms with Crippen molar-refractivity contribution in [2.24, 2.45) is 5.92 Å². The minimum absolute atomic E-state index is 0.455. The van der Waals surface area contributed by atoms with Gasteiger partial charge in [-0.2, -0.15) is 12.6 Å². The molecule has 1 fully saturated rings. The number of thiol groups is 1. The number of hydrogen-bond donors (Lipinski definition) is 1. The molecule has 1 unspecified atom stereocenters. The number of benzene rings is 1. The molecule has 76 valence electrons. The molecule has 1 aliphatic carbocycles. The Morgan fingerprint density at radius 2 is 1.64 bits per heavy atom. The SMILES string of the molecule is SC(c1ccccc1)C1CCCCC1. The maximum Gasteiger partial charge on any atom is 0.0295 e. The molecule has 0 heterocycles. The van der Waals surface area contributed by atoms with Crippen LogP contribution in [0.15, 0.2) is 30.3 Å². The van der Waals surface area contributed by atoms with Crippen molar-refractivity contribution in [1.82, 2.24) is 0 Å². The van der Waals surface area contributed by atoms with E-state index >= 15 is 0 Å². The lowest BCUT2D eigenvalue weighted by molar-refractivity contribution is 0.352. The molecule has 0 amide bonds. The Kier molecular flexibility index (Phi) is 3.52. The van der Waals surface area contributed by atoms with Crippen LogP contribution >= 0.6 is 12.6 Å². The second kappa shape index (κ2) is 4.88. The topological polar surface area (TPSA) is 0 Å². The average Bonchev–Trinajstić information content (AvgIpc) is 2.30. The van der Waals surface area contributed by atoms with Crippen molar-refractivity contribution in [3.05, 3.63) is 35.9 Å². The molecule has 1 saturated carbocycles. The van der Waals surface area contributed by atoms with Gasteiger partial charge in [0.15, 0.2) is 0 Å². The van der Waals surface area contributed by atoms with Gasteiger partial charge in [0.25, 0.3) is 0 Å². The number of hydrogen-bond acceptors (Lipinski definition) is 1. The number of rotatable bonds is 2. The largest absolute Gasteiger partial charge is 0.171 e. The minimum Gasteiger partial charge on any atom is -0.171 e. The third-order valence-corrected chi connectivity index (χ3v) is 3.96. The highest BCUT2D eigenvalue weighted by molar-refractivity contribution is 7.80. The zero-order chi connectivity index (χ0) is 9.80. The summed E-state index contributed by atoms with van der Waals surface area (Å²) in [7, 11) is 0. The Bertz CT molecular complexity index is 262. The van der Waals surface area contributed by atoms with Crippen LogP contribution in [0.4, 0.5) is 0 Å². The van der Waals surface area contributed by atoms with Crippen LogP contribution in [-0.2, 0) is 0 Å². The van der Waals surface area contributed by atoms with E-state index in [0.29, 0.717) is 5.25 Å². The van der Waals surface area contributed by atoms with Crippen LogP contribution in [0, 0.1) is 5.92 Å². The molecule has 0 saturated heterocycles. The van der Waals surface area contributed by atoms with Gasteiger partial charge in [0, 0.05) is 5.25 Å². The van der Waals surface area contributed by atoms with Crippen molar-refractivity contribution in [3.8, 4) is 0 Å². The molecule has 1 aliphatic rings. The highest BCUT2D eigenvalue weighted by Gasteiger charge is 2.21. The van der Waals surface area contributed by atoms with Gasteiger partial charge in [0.1, 0.15) is 0 Å². The van der Waals surface area contributed by atoms with Gasteiger partial charge in [-0.3, -0.25) is 0 Å². The van der Waals surface area contributed by atoms with E-state index in [1.165, 1.54) is 37.7 Å². The second-order valence-corrected chi connectivity index (χ2v) is 4.81. The lowest BCUT2D eigenvalue weighted by atomic mass is 9.84. The first kappa shape index (κ1) is 10.1. The maximum absolute atomic E-state index is 4.76. The van der Waals surface area contributed by atoms with Gasteiger partial charge in [-0.1, -0.05) is 49.6 Å². The van der Waals surface area contributed by atoms with Gasteiger partial charge < -0.3 is 0 Å². The molecule has 0 radical (unpaired) electrons. The fourth-order valence-corrected chi connectivity index (χ4v) is 2.84. The fraction of sp³-hybridized carbons (Fsp3) is 0.538. The zero-order valence-corrected chi connectivity index (χ0v) is 9.42. The summed E-state index contributed by atoms with van der Waals surface area (Å²) in [4.78, 5) is 0. The Labute approximate surface area is 92.1 Å². The molecule has 1 atom stereocenters. The van der Waals surface area contributed by atoms with E-state index in [1.54, 1.807) is 0 Å². The van der Waals surface area contributed by atoms with Gasteiger partial charge in [-0.25, -0.2) is 0 Å². The van der Waals surface area contributed by atoms with Crippen LogP contribution in [-0.4, -0.2) is 0 Å². The second-order valence-electron chi connectivity index (χ2n) is 4.25. The molecular weight excluding hydrogens is 188 g/mol. The van der Waals surface area contributed by atoms with Crippen LogP contribution in [0.3, 0.4) is 0 Å². The lowest BCUT2D eigenvalue weighted by Crippen LogP contribution is -2.12. The van der Waals surface area contributed by atoms with E-state index in [4.69, 9.17) is 12.6 Å². The van der Waals surface area contributed by atoms with Gasteiger partial charge in [-0.05, 0) is 24.3 Å². The molecule has 0 nitrogen and oxygen atoms in total. The van der Waals surface area contributed by atoms with Gasteiger partial charge in [0.2, 0.25) is 0 Å². The van der Waals surface area contributed by atoms with Crippen molar-refractivity contribution < 1.29 is 0 Å². The van der Waals surface area contributed by atoms with Crippen molar-refractivity contribution in [2.45, 2.75) is 37.4 Å². The molecule has 1 aromatic rings. The summed E-state index contributed by atoms with van der Waals surface area (Å²) < 4.78 is 0. The molecular formula is C13H18S. The Morgan fingerprint density at radius 1 is 1.00 bits per heavy atom. The smallest absolute Gasteiger partial charge is 0.0295 e. The summed E-state index contributed by atoms with van der Waals surface area (Å²) in [5.74, 6) is 0.800. The molecule has 0 bridgehead atoms. The Balaban J connectivity index is 2.03. The summed E-state index contributed by atoms with van der Waals surface area (Å²) in [6, 6.07) is 10.7. The summed E-state index contributed by atoms with van der Waals surface area (Å²) in [6.45, 7) is 0. The predicted octanol–water partition coefficient (Wildman–Crippen LogP) is 4.24. The highest BCUT2D eigenvalue weighted by Crippen LogP contribution is 2.38. The van der Waals surface area contributed by atoms with Crippen LogP contribution < -0.4 is 0 Å². The van der Waals surface area contributed by atoms with Crippen molar-refractivity contribution in [2.75, 3.05) is 0 Å². The third-order valence-electron chi connectivity index (χ3n) is 3.24. The van der Waals surface area contributed by atoms with Crippen molar-refractivity contribution >= 4 is 12.6 Å². The molecule has 0 spiro atoms. The molecule has 2 rings (SSSR count). The van der Waals surface area contributed by atoms with Gasteiger partial charge >= 0.3 is 0 Å². The minimum atomic E-state index is 0.455. The molecule has 14 heavy (non-hydrogen) atoms. The van der Waals surface area contributed by atoms with Crippen LogP contribution in [0.1, 0.15) is 42.9 Å². The first-order chi connectivity index (χ1) is 6.88. The van der Waals surface area contributed by atoms with E-state index in [-0.39, 0.29) is 0 Å². The molecule has 0 aromatic heterocycles. The normalized spacial score (nSPS) is 20.6. The van der Waals surface area contributed by atoms with E-state index in [9.17, 15) is 0 Å². The van der Waals surface area contributed by atoms with E-state index in [2.05, 4.69) is 30.3 Å². The summed E-state index contributed by atoms with van der Waals surface area (Å²) >= 11 is 4.76. The molecule has 1 aromatic carbocycles. The van der Waals surface area contributed by atoms with E-state index < -0.39 is 0 Å². The highest BCUT2D eigenvalue weighted by atomic mass is 32.1. The Hall–Kier alpha value is -0.430. The van der Waals surface area contributed by atoms with Crippen molar-refractivity contribution in [1.29, 1.82) is 0 Å². The quantitative estimate of drug-likeness (QED) is 0.688. The van der Waals surface area contributed by atoms with Gasteiger partial charge in [-0.15, -0.1) is 0 Å². The maximum atomic E-state index is 4.76. The monoisotopic (exact) mass is 206 g/mol. The van der Waals surface area contributed by atoms with Crippen LogP contribution in [0.5, 0.6) is 0 Å². The summed E-state index contributed by atoms with van der Waals surface area (Å²) in [5, 5.41) is 0.455. The molecule has 0 aliphatic heterocycles. The first-order valence-corrected chi connectivity index (χ1v) is 6.12. The lowest BCUT2D eigenvalue weighted by Gasteiger charge is -2.27. The van der Waals surface area contributed by atoms with E-state index in [1.807, 2.05) is 0 Å².